The van der Waals surface area contributed by atoms with Crippen LogP contribution in [0.5, 0.6) is 0 Å². The quantitative estimate of drug-likeness (QED) is 0.0431. The fourth-order valence-electron chi connectivity index (χ4n) is 5.19. The molecule has 0 aliphatic heterocycles. The standard InChI is InChI=1S/C36H68O4/c1-9-23-31(2)32(3)24-19-15-12-13-17-21-26-34(38)40-36(7,8)28-27-33(30-37)25-20-16-11-10-14-18-22-29-39-35(4,5)6/h30,32-33H,2,9-29H2,1,3-8H3/t32-,33+/m1/s1. The van der Waals surface area contributed by atoms with Gasteiger partial charge in [-0.1, -0.05) is 103 Å². The molecule has 0 bridgehead atoms. The van der Waals surface area contributed by atoms with E-state index >= 15 is 0 Å². The van der Waals surface area contributed by atoms with E-state index in [4.69, 9.17) is 9.47 Å². The van der Waals surface area contributed by atoms with E-state index in [9.17, 15) is 9.59 Å². The molecule has 0 saturated carbocycles. The lowest BCUT2D eigenvalue weighted by Crippen LogP contribution is -2.29. The number of unbranched alkanes of at least 4 members (excludes halogenated alkanes) is 11. The lowest BCUT2D eigenvalue weighted by atomic mass is 9.91. The smallest absolute Gasteiger partial charge is 0.306 e. The molecule has 0 rings (SSSR count). The van der Waals surface area contributed by atoms with E-state index < -0.39 is 5.60 Å². The van der Waals surface area contributed by atoms with Crippen molar-refractivity contribution in [3.8, 4) is 0 Å². The summed E-state index contributed by atoms with van der Waals surface area (Å²) in [4.78, 5) is 24.0. The lowest BCUT2D eigenvalue weighted by Gasteiger charge is -2.26. The maximum atomic E-state index is 12.4. The van der Waals surface area contributed by atoms with Gasteiger partial charge in [-0.15, -0.1) is 0 Å². The molecule has 0 saturated heterocycles. The van der Waals surface area contributed by atoms with Gasteiger partial charge in [0.05, 0.1) is 5.60 Å². The fourth-order valence-corrected chi connectivity index (χ4v) is 5.19. The maximum Gasteiger partial charge on any atom is 0.306 e. The molecule has 4 nitrogen and oxygen atoms in total. The number of ether oxygens (including phenoxy) is 2. The van der Waals surface area contributed by atoms with Crippen LogP contribution in [0, 0.1) is 11.8 Å². The first-order valence-corrected chi connectivity index (χ1v) is 16.9. The minimum absolute atomic E-state index is 0.0328. The van der Waals surface area contributed by atoms with Crippen molar-refractivity contribution >= 4 is 12.3 Å². The van der Waals surface area contributed by atoms with Crippen LogP contribution >= 0.6 is 0 Å². The topological polar surface area (TPSA) is 52.6 Å². The summed E-state index contributed by atoms with van der Waals surface area (Å²) in [6.07, 6.45) is 23.1. The first-order chi connectivity index (χ1) is 18.9. The zero-order valence-corrected chi connectivity index (χ0v) is 27.9. The van der Waals surface area contributed by atoms with Gasteiger partial charge in [0.15, 0.2) is 0 Å². The zero-order valence-electron chi connectivity index (χ0n) is 27.9. The summed E-state index contributed by atoms with van der Waals surface area (Å²) in [5.41, 5.74) is 0.864. The highest BCUT2D eigenvalue weighted by molar-refractivity contribution is 5.69. The second-order valence-electron chi connectivity index (χ2n) is 13.9. The first kappa shape index (κ1) is 38.8. The van der Waals surface area contributed by atoms with Crippen LogP contribution in [0.2, 0.25) is 0 Å². The molecule has 236 valence electrons. The number of rotatable bonds is 27. The van der Waals surface area contributed by atoms with Gasteiger partial charge in [0, 0.05) is 18.9 Å². The number of hydrogen-bond acceptors (Lipinski definition) is 4. The van der Waals surface area contributed by atoms with Gasteiger partial charge in [0.1, 0.15) is 11.9 Å². The summed E-state index contributed by atoms with van der Waals surface area (Å²) in [5, 5.41) is 0. The third-order valence-electron chi connectivity index (χ3n) is 7.99. The molecule has 0 spiro atoms. The van der Waals surface area contributed by atoms with Crippen LogP contribution in [0.4, 0.5) is 0 Å². The van der Waals surface area contributed by atoms with Crippen molar-refractivity contribution in [3.05, 3.63) is 12.2 Å². The van der Waals surface area contributed by atoms with Gasteiger partial charge in [-0.3, -0.25) is 4.79 Å². The third-order valence-corrected chi connectivity index (χ3v) is 7.99. The number of aldehydes is 1. The van der Waals surface area contributed by atoms with E-state index in [0.717, 1.165) is 64.3 Å². The van der Waals surface area contributed by atoms with Gasteiger partial charge >= 0.3 is 5.97 Å². The second-order valence-corrected chi connectivity index (χ2v) is 13.9. The van der Waals surface area contributed by atoms with Crippen molar-refractivity contribution in [3.63, 3.8) is 0 Å². The molecule has 0 aliphatic carbocycles. The monoisotopic (exact) mass is 565 g/mol. The highest BCUT2D eigenvalue weighted by atomic mass is 16.6. The Morgan fingerprint density at radius 2 is 1.27 bits per heavy atom. The Morgan fingerprint density at radius 1 is 0.750 bits per heavy atom. The minimum atomic E-state index is -0.506. The molecule has 0 fully saturated rings. The fraction of sp³-hybridized carbons (Fsp3) is 0.889. The van der Waals surface area contributed by atoms with Gasteiger partial charge in [-0.2, -0.15) is 0 Å². The molecule has 0 heterocycles. The Kier molecular flexibility index (Phi) is 22.7. The Balaban J connectivity index is 3.82. The second kappa shape index (κ2) is 23.4. The molecule has 4 heteroatoms. The van der Waals surface area contributed by atoms with Gasteiger partial charge in [0.2, 0.25) is 0 Å². The van der Waals surface area contributed by atoms with Crippen molar-refractivity contribution in [2.45, 2.75) is 188 Å². The summed E-state index contributed by atoms with van der Waals surface area (Å²) >= 11 is 0. The molecule has 0 N–H and O–H groups in total. The summed E-state index contributed by atoms with van der Waals surface area (Å²) in [7, 11) is 0. The van der Waals surface area contributed by atoms with Crippen molar-refractivity contribution in [2.75, 3.05) is 6.61 Å². The summed E-state index contributed by atoms with van der Waals surface area (Å²) < 4.78 is 11.6. The van der Waals surface area contributed by atoms with Gasteiger partial charge in [-0.05, 0) is 85.5 Å². The Hall–Kier alpha value is -1.16. The Bertz CT molecular complexity index is 646. The summed E-state index contributed by atoms with van der Waals surface area (Å²) in [5.74, 6) is 0.616. The molecule has 0 aromatic heterocycles. The molecule has 0 unspecified atom stereocenters. The normalized spacial score (nSPS) is 13.7. The lowest BCUT2D eigenvalue weighted by molar-refractivity contribution is -0.157. The maximum absolute atomic E-state index is 12.4. The van der Waals surface area contributed by atoms with Crippen LogP contribution in [-0.2, 0) is 19.1 Å². The molecule has 0 amide bonds. The van der Waals surface area contributed by atoms with Crippen LogP contribution < -0.4 is 0 Å². The predicted molar refractivity (Wildman–Crippen MR) is 172 cm³/mol. The molecule has 0 aliphatic rings. The highest BCUT2D eigenvalue weighted by Gasteiger charge is 2.24. The van der Waals surface area contributed by atoms with E-state index in [2.05, 4.69) is 41.2 Å². The molecule has 0 aromatic rings. The van der Waals surface area contributed by atoms with Gasteiger partial charge in [0.25, 0.3) is 0 Å². The number of carbonyl (C=O) groups is 2. The number of esters is 1. The van der Waals surface area contributed by atoms with Crippen LogP contribution in [0.3, 0.4) is 0 Å². The molecular weight excluding hydrogens is 496 g/mol. The SMILES string of the molecule is C=C(CCC)[C@H](C)CCCCCCCCC(=O)OC(C)(C)CC[C@@H](C=O)CCCCCCCCCOC(C)(C)C. The predicted octanol–water partition coefficient (Wildman–Crippen LogP) is 11.0. The largest absolute Gasteiger partial charge is 0.460 e. The van der Waals surface area contributed by atoms with Crippen LogP contribution in [0.25, 0.3) is 0 Å². The van der Waals surface area contributed by atoms with Crippen LogP contribution in [-0.4, -0.2) is 30.1 Å². The van der Waals surface area contributed by atoms with Crippen molar-refractivity contribution in [1.82, 2.24) is 0 Å². The highest BCUT2D eigenvalue weighted by Crippen LogP contribution is 2.24. The van der Waals surface area contributed by atoms with E-state index in [1.54, 1.807) is 0 Å². The third kappa shape index (κ3) is 24.6. The van der Waals surface area contributed by atoms with E-state index in [-0.39, 0.29) is 17.5 Å². The summed E-state index contributed by atoms with van der Waals surface area (Å²) in [6, 6.07) is 0. The van der Waals surface area contributed by atoms with Gasteiger partial charge < -0.3 is 14.3 Å². The summed E-state index contributed by atoms with van der Waals surface area (Å²) in [6.45, 7) is 19.9. The van der Waals surface area contributed by atoms with Gasteiger partial charge in [-0.25, -0.2) is 0 Å². The van der Waals surface area contributed by atoms with Crippen molar-refractivity contribution < 1.29 is 19.1 Å². The molecule has 2 atom stereocenters. The average Bonchev–Trinajstić information content (AvgIpc) is 2.87. The van der Waals surface area contributed by atoms with Crippen LogP contribution in [0.1, 0.15) is 177 Å². The van der Waals surface area contributed by atoms with Crippen molar-refractivity contribution in [1.29, 1.82) is 0 Å². The average molecular weight is 565 g/mol. The van der Waals surface area contributed by atoms with E-state index in [1.165, 1.54) is 76.2 Å². The molecule has 0 aromatic carbocycles. The van der Waals surface area contributed by atoms with Crippen molar-refractivity contribution in [2.24, 2.45) is 11.8 Å². The van der Waals surface area contributed by atoms with E-state index in [0.29, 0.717) is 12.3 Å². The number of hydrogen-bond donors (Lipinski definition) is 0. The Morgan fingerprint density at radius 3 is 1.82 bits per heavy atom. The number of allylic oxidation sites excluding steroid dienone is 1. The first-order valence-electron chi connectivity index (χ1n) is 16.9. The zero-order chi connectivity index (χ0) is 30.3. The molecular formula is C36H68O4. The van der Waals surface area contributed by atoms with Crippen LogP contribution in [0.15, 0.2) is 12.2 Å². The van der Waals surface area contributed by atoms with E-state index in [1.807, 2.05) is 13.8 Å². The molecule has 40 heavy (non-hydrogen) atoms. The number of carbonyl (C=O) groups excluding carboxylic acids is 2. The minimum Gasteiger partial charge on any atom is -0.460 e. The molecule has 0 radical (unpaired) electrons. The Labute approximate surface area is 249 Å².